The van der Waals surface area contributed by atoms with Gasteiger partial charge in [0.15, 0.2) is 0 Å². The molecule has 3 nitrogen and oxygen atoms in total. The van der Waals surface area contributed by atoms with Crippen LogP contribution in [0.2, 0.25) is 0 Å². The number of hydrogen-bond acceptors (Lipinski definition) is 2. The first-order chi connectivity index (χ1) is 11.7. The fourth-order valence-electron chi connectivity index (χ4n) is 2.79. The van der Waals surface area contributed by atoms with E-state index in [2.05, 4.69) is 66.3 Å². The van der Waals surface area contributed by atoms with Crippen LogP contribution in [0.3, 0.4) is 0 Å². The van der Waals surface area contributed by atoms with E-state index in [9.17, 15) is 0 Å². The first kappa shape index (κ1) is 16.6. The minimum Gasteiger partial charge on any atom is -0.489 e. The zero-order chi connectivity index (χ0) is 16.8. The summed E-state index contributed by atoms with van der Waals surface area (Å²) in [5.74, 6) is 1.61. The summed E-state index contributed by atoms with van der Waals surface area (Å²) < 4.78 is 8.21. The molecule has 1 aromatic heterocycles. The molecule has 0 saturated heterocycles. The number of aromatic nitrogens is 1. The van der Waals surface area contributed by atoms with E-state index in [1.54, 1.807) is 0 Å². The number of hydrogen-bond donors (Lipinski definition) is 1. The van der Waals surface area contributed by atoms with Crippen LogP contribution >= 0.6 is 0 Å². The van der Waals surface area contributed by atoms with Crippen LogP contribution in [0, 0.1) is 5.92 Å². The van der Waals surface area contributed by atoms with E-state index in [1.165, 1.54) is 16.5 Å². The first-order valence-electron chi connectivity index (χ1n) is 8.69. The highest BCUT2D eigenvalue weighted by Crippen LogP contribution is 2.22. The number of fused-ring (bicyclic) bond motifs is 1. The number of nitrogens with zero attached hydrogens (tertiary/aromatic N) is 1. The van der Waals surface area contributed by atoms with Crippen LogP contribution in [0.5, 0.6) is 5.75 Å². The molecule has 0 aliphatic rings. The largest absolute Gasteiger partial charge is 0.489 e. The van der Waals surface area contributed by atoms with Gasteiger partial charge in [-0.05, 0) is 42.3 Å². The molecule has 0 fully saturated rings. The molecule has 0 spiro atoms. The molecule has 0 aliphatic carbocycles. The van der Waals surface area contributed by atoms with Crippen molar-refractivity contribution in [2.24, 2.45) is 5.92 Å². The standard InChI is InChI=1S/C21H26N2O/c1-17(2)15-22-11-13-23-12-10-19-14-20(8-9-21(19)23)24-16-18-6-4-3-5-7-18/h3-10,12,14,17,22H,11,13,15-16H2,1-2H3. The van der Waals surface area contributed by atoms with Gasteiger partial charge in [-0.2, -0.15) is 0 Å². The Balaban J connectivity index is 1.60. The summed E-state index contributed by atoms with van der Waals surface area (Å²) in [6, 6.07) is 18.8. The van der Waals surface area contributed by atoms with Crippen molar-refractivity contribution in [3.05, 3.63) is 66.4 Å². The number of nitrogens with one attached hydrogen (secondary N) is 1. The SMILES string of the molecule is CC(C)CNCCn1ccc2cc(OCc3ccccc3)ccc21. The molecular formula is C21H26N2O. The van der Waals surface area contributed by atoms with E-state index >= 15 is 0 Å². The van der Waals surface area contributed by atoms with Gasteiger partial charge in [-0.25, -0.2) is 0 Å². The Morgan fingerprint density at radius 3 is 2.67 bits per heavy atom. The lowest BCUT2D eigenvalue weighted by Gasteiger charge is -2.10. The lowest BCUT2D eigenvalue weighted by Crippen LogP contribution is -2.23. The third kappa shape index (κ3) is 4.39. The summed E-state index contributed by atoms with van der Waals surface area (Å²) in [4.78, 5) is 0. The van der Waals surface area contributed by atoms with Crippen LogP contribution in [0.1, 0.15) is 19.4 Å². The van der Waals surface area contributed by atoms with Crippen molar-refractivity contribution in [1.82, 2.24) is 9.88 Å². The van der Waals surface area contributed by atoms with E-state index < -0.39 is 0 Å². The number of ether oxygens (including phenoxy) is 1. The maximum absolute atomic E-state index is 5.91. The highest BCUT2D eigenvalue weighted by molar-refractivity contribution is 5.81. The van der Waals surface area contributed by atoms with Gasteiger partial charge >= 0.3 is 0 Å². The van der Waals surface area contributed by atoms with Gasteiger partial charge in [0.1, 0.15) is 12.4 Å². The molecule has 0 saturated carbocycles. The van der Waals surface area contributed by atoms with Gasteiger partial charge in [-0.1, -0.05) is 44.2 Å². The van der Waals surface area contributed by atoms with E-state index in [4.69, 9.17) is 4.74 Å². The minimum atomic E-state index is 0.603. The van der Waals surface area contributed by atoms with Gasteiger partial charge < -0.3 is 14.6 Å². The van der Waals surface area contributed by atoms with Crippen LogP contribution in [0.4, 0.5) is 0 Å². The number of benzene rings is 2. The average molecular weight is 322 g/mol. The third-order valence-electron chi connectivity index (χ3n) is 4.07. The Morgan fingerprint density at radius 2 is 1.88 bits per heavy atom. The second kappa shape index (κ2) is 8.02. The van der Waals surface area contributed by atoms with Gasteiger partial charge in [-0.15, -0.1) is 0 Å². The Hall–Kier alpha value is -2.26. The Morgan fingerprint density at radius 1 is 1.04 bits per heavy atom. The normalized spacial score (nSPS) is 11.3. The highest BCUT2D eigenvalue weighted by Gasteiger charge is 2.03. The van der Waals surface area contributed by atoms with Crippen molar-refractivity contribution in [3.63, 3.8) is 0 Å². The molecule has 126 valence electrons. The molecule has 24 heavy (non-hydrogen) atoms. The fraction of sp³-hybridized carbons (Fsp3) is 0.333. The summed E-state index contributed by atoms with van der Waals surface area (Å²) in [5, 5.41) is 4.72. The quantitative estimate of drug-likeness (QED) is 0.619. The van der Waals surface area contributed by atoms with Gasteiger partial charge in [0, 0.05) is 30.2 Å². The van der Waals surface area contributed by atoms with Gasteiger partial charge in [-0.3, -0.25) is 0 Å². The van der Waals surface area contributed by atoms with Gasteiger partial charge in [0.25, 0.3) is 0 Å². The van der Waals surface area contributed by atoms with E-state index in [0.29, 0.717) is 12.5 Å². The van der Waals surface area contributed by atoms with Crippen LogP contribution < -0.4 is 10.1 Å². The molecule has 3 heteroatoms. The topological polar surface area (TPSA) is 26.2 Å². The first-order valence-corrected chi connectivity index (χ1v) is 8.69. The van der Waals surface area contributed by atoms with Crippen LogP contribution in [0.25, 0.3) is 10.9 Å². The Kier molecular flexibility index (Phi) is 5.55. The molecule has 0 aliphatic heterocycles. The predicted molar refractivity (Wildman–Crippen MR) is 100 cm³/mol. The summed E-state index contributed by atoms with van der Waals surface area (Å²) >= 11 is 0. The van der Waals surface area contributed by atoms with Crippen LogP contribution in [-0.4, -0.2) is 17.7 Å². The van der Waals surface area contributed by atoms with Gasteiger partial charge in [0.05, 0.1) is 0 Å². The van der Waals surface area contributed by atoms with Crippen molar-refractivity contribution in [3.8, 4) is 5.75 Å². The second-order valence-corrected chi connectivity index (χ2v) is 6.60. The van der Waals surface area contributed by atoms with Crippen LogP contribution in [-0.2, 0) is 13.2 Å². The molecule has 1 heterocycles. The molecule has 0 radical (unpaired) electrons. The fourth-order valence-corrected chi connectivity index (χ4v) is 2.79. The maximum Gasteiger partial charge on any atom is 0.120 e. The molecule has 0 unspecified atom stereocenters. The molecule has 1 N–H and O–H groups in total. The molecule has 0 amide bonds. The van der Waals surface area contributed by atoms with E-state index in [-0.39, 0.29) is 0 Å². The zero-order valence-corrected chi connectivity index (χ0v) is 14.5. The summed E-state index contributed by atoms with van der Waals surface area (Å²) in [7, 11) is 0. The molecule has 3 rings (SSSR count). The lowest BCUT2D eigenvalue weighted by molar-refractivity contribution is 0.306. The van der Waals surface area contributed by atoms with Crippen molar-refractivity contribution >= 4 is 10.9 Å². The molecule has 2 aromatic carbocycles. The third-order valence-corrected chi connectivity index (χ3v) is 4.07. The Bertz CT molecular complexity index is 762. The monoisotopic (exact) mass is 322 g/mol. The highest BCUT2D eigenvalue weighted by atomic mass is 16.5. The maximum atomic E-state index is 5.91. The molecular weight excluding hydrogens is 296 g/mol. The van der Waals surface area contributed by atoms with Crippen molar-refractivity contribution in [2.75, 3.05) is 13.1 Å². The minimum absolute atomic E-state index is 0.603. The van der Waals surface area contributed by atoms with Crippen molar-refractivity contribution < 1.29 is 4.74 Å². The lowest BCUT2D eigenvalue weighted by atomic mass is 10.2. The van der Waals surface area contributed by atoms with Crippen LogP contribution in [0.15, 0.2) is 60.8 Å². The molecule has 3 aromatic rings. The smallest absolute Gasteiger partial charge is 0.120 e. The van der Waals surface area contributed by atoms with Crippen molar-refractivity contribution in [2.45, 2.75) is 27.0 Å². The second-order valence-electron chi connectivity index (χ2n) is 6.60. The average Bonchev–Trinajstić information content (AvgIpc) is 3.00. The number of rotatable bonds is 8. The predicted octanol–water partition coefficient (Wildman–Crippen LogP) is 4.47. The summed E-state index contributed by atoms with van der Waals surface area (Å²) in [5.41, 5.74) is 2.44. The summed E-state index contributed by atoms with van der Waals surface area (Å²) in [6.07, 6.45) is 2.16. The van der Waals surface area contributed by atoms with E-state index in [0.717, 1.165) is 25.4 Å². The summed E-state index contributed by atoms with van der Waals surface area (Å²) in [6.45, 7) is 8.11. The molecule has 0 bridgehead atoms. The molecule has 0 atom stereocenters. The van der Waals surface area contributed by atoms with Gasteiger partial charge in [0.2, 0.25) is 0 Å². The van der Waals surface area contributed by atoms with E-state index in [1.807, 2.05) is 18.2 Å². The Labute approximate surface area is 144 Å². The zero-order valence-electron chi connectivity index (χ0n) is 14.5. The van der Waals surface area contributed by atoms with Crippen molar-refractivity contribution in [1.29, 1.82) is 0 Å².